The number of halogens is 3. The minimum Gasteiger partial charge on any atom is -0.308 e. The molecule has 10 aromatic rings. The molecule has 2 heterocycles. The second kappa shape index (κ2) is 15.2. The molecule has 0 atom stereocenters. The summed E-state index contributed by atoms with van der Waals surface area (Å²) in [7, 11) is 0. The van der Waals surface area contributed by atoms with Crippen molar-refractivity contribution in [1.82, 2.24) is 14.5 Å². The third-order valence-electron chi connectivity index (χ3n) is 11.5. The van der Waals surface area contributed by atoms with Crippen LogP contribution in [0.2, 0.25) is 0 Å². The normalized spacial score (nSPS) is 11.7. The second-order valence-electron chi connectivity index (χ2n) is 15.5. The monoisotopic (exact) mass is 797 g/mol. The summed E-state index contributed by atoms with van der Waals surface area (Å²) >= 11 is 0. The average Bonchev–Trinajstić information content (AvgIpc) is 3.62. The van der Waals surface area contributed by atoms with Crippen LogP contribution in [0.15, 0.2) is 194 Å². The highest BCUT2D eigenvalue weighted by molar-refractivity contribution is 6.12. The van der Waals surface area contributed by atoms with Crippen LogP contribution < -0.4 is 0 Å². The molecule has 0 saturated heterocycles. The molecule has 2 aromatic heterocycles. The fraction of sp³-hybridized carbons (Fsp3) is 0.0545. The number of benzene rings is 8. The van der Waals surface area contributed by atoms with E-state index in [0.29, 0.717) is 11.4 Å². The molecular weight excluding hydrogens is 760 g/mol. The molecule has 0 fully saturated rings. The van der Waals surface area contributed by atoms with Gasteiger partial charge in [-0.15, -0.1) is 0 Å². The van der Waals surface area contributed by atoms with Crippen molar-refractivity contribution in [3.63, 3.8) is 0 Å². The lowest BCUT2D eigenvalue weighted by atomic mass is 9.91. The van der Waals surface area contributed by atoms with Gasteiger partial charge in [-0.25, -0.2) is 9.97 Å². The molecule has 0 bridgehead atoms. The van der Waals surface area contributed by atoms with Gasteiger partial charge in [0.15, 0.2) is 5.82 Å². The number of alkyl halides is 3. The van der Waals surface area contributed by atoms with Crippen LogP contribution in [-0.2, 0) is 6.18 Å². The molecule has 294 valence electrons. The van der Waals surface area contributed by atoms with Gasteiger partial charge < -0.3 is 4.57 Å². The highest BCUT2D eigenvalue weighted by atomic mass is 19.4. The molecule has 0 spiro atoms. The van der Waals surface area contributed by atoms with E-state index in [9.17, 15) is 13.2 Å². The van der Waals surface area contributed by atoms with Gasteiger partial charge in [0.05, 0.1) is 33.7 Å². The molecule has 0 amide bonds. The van der Waals surface area contributed by atoms with Crippen molar-refractivity contribution >= 4 is 21.8 Å². The predicted molar refractivity (Wildman–Crippen MR) is 243 cm³/mol. The van der Waals surface area contributed by atoms with Crippen molar-refractivity contribution in [3.05, 3.63) is 211 Å². The molecule has 0 unspecified atom stereocenters. The highest BCUT2D eigenvalue weighted by Gasteiger charge is 2.30. The van der Waals surface area contributed by atoms with E-state index in [0.717, 1.165) is 101 Å². The van der Waals surface area contributed by atoms with Gasteiger partial charge in [0, 0.05) is 38.6 Å². The summed E-state index contributed by atoms with van der Waals surface area (Å²) in [5, 5.41) is 2.14. The topological polar surface area (TPSA) is 30.7 Å². The van der Waals surface area contributed by atoms with E-state index in [1.165, 1.54) is 5.56 Å². The van der Waals surface area contributed by atoms with E-state index < -0.39 is 11.7 Å². The number of aryl methyl sites for hydroxylation is 2. The van der Waals surface area contributed by atoms with Crippen LogP contribution in [0, 0.1) is 13.8 Å². The van der Waals surface area contributed by atoms with Crippen molar-refractivity contribution in [3.8, 4) is 73.0 Å². The van der Waals surface area contributed by atoms with Crippen LogP contribution in [0.3, 0.4) is 0 Å². The van der Waals surface area contributed by atoms with Crippen molar-refractivity contribution < 1.29 is 13.2 Å². The summed E-state index contributed by atoms with van der Waals surface area (Å²) in [6.45, 7) is 4.18. The van der Waals surface area contributed by atoms with Crippen molar-refractivity contribution in [2.24, 2.45) is 0 Å². The molecular formula is C55H38F3N3. The average molecular weight is 798 g/mol. The van der Waals surface area contributed by atoms with Crippen LogP contribution in [0.5, 0.6) is 0 Å². The Morgan fingerprint density at radius 1 is 0.410 bits per heavy atom. The summed E-state index contributed by atoms with van der Waals surface area (Å²) in [6, 6.07) is 63.4. The van der Waals surface area contributed by atoms with Crippen molar-refractivity contribution in [2.45, 2.75) is 20.0 Å². The molecule has 6 heteroatoms. The van der Waals surface area contributed by atoms with E-state index >= 15 is 0 Å². The number of aromatic nitrogens is 3. The third kappa shape index (κ3) is 7.06. The quantitative estimate of drug-likeness (QED) is 0.161. The first-order chi connectivity index (χ1) is 29.7. The Morgan fingerprint density at radius 2 is 0.934 bits per heavy atom. The van der Waals surface area contributed by atoms with Crippen LogP contribution in [-0.4, -0.2) is 14.5 Å². The first-order valence-electron chi connectivity index (χ1n) is 20.2. The number of hydrogen-bond acceptors (Lipinski definition) is 2. The van der Waals surface area contributed by atoms with Gasteiger partial charge in [0.25, 0.3) is 0 Å². The molecule has 0 aliphatic carbocycles. The van der Waals surface area contributed by atoms with Crippen LogP contribution in [0.1, 0.15) is 16.7 Å². The lowest BCUT2D eigenvalue weighted by molar-refractivity contribution is -0.137. The first-order valence-corrected chi connectivity index (χ1v) is 20.2. The number of nitrogens with zero attached hydrogens (tertiary/aromatic N) is 3. The lowest BCUT2D eigenvalue weighted by Gasteiger charge is -2.21. The van der Waals surface area contributed by atoms with Gasteiger partial charge in [-0.05, 0) is 90.2 Å². The molecule has 0 N–H and O–H groups in total. The van der Waals surface area contributed by atoms with E-state index in [1.54, 1.807) is 12.1 Å². The summed E-state index contributed by atoms with van der Waals surface area (Å²) in [4.78, 5) is 10.4. The number of para-hydroxylation sites is 1. The summed E-state index contributed by atoms with van der Waals surface area (Å²) in [5.41, 5.74) is 14.0. The fourth-order valence-corrected chi connectivity index (χ4v) is 8.38. The van der Waals surface area contributed by atoms with Gasteiger partial charge in [-0.3, -0.25) is 0 Å². The molecule has 61 heavy (non-hydrogen) atoms. The maximum absolute atomic E-state index is 14.1. The van der Waals surface area contributed by atoms with E-state index in [-0.39, 0.29) is 0 Å². The van der Waals surface area contributed by atoms with Crippen LogP contribution >= 0.6 is 0 Å². The Hall–Kier alpha value is -7.57. The molecule has 8 aromatic carbocycles. The maximum atomic E-state index is 14.1. The summed E-state index contributed by atoms with van der Waals surface area (Å²) in [6.07, 6.45) is -4.49. The minimum atomic E-state index is -4.49. The van der Waals surface area contributed by atoms with E-state index in [1.807, 2.05) is 84.9 Å². The van der Waals surface area contributed by atoms with Crippen LogP contribution in [0.4, 0.5) is 13.2 Å². The smallest absolute Gasteiger partial charge is 0.308 e. The Morgan fingerprint density at radius 3 is 1.54 bits per heavy atom. The Bertz CT molecular complexity index is 3160. The van der Waals surface area contributed by atoms with Crippen LogP contribution in [0.25, 0.3) is 94.8 Å². The zero-order chi connectivity index (χ0) is 41.7. The summed E-state index contributed by atoms with van der Waals surface area (Å²) < 4.78 is 44.5. The Kier molecular flexibility index (Phi) is 9.41. The molecule has 0 saturated carbocycles. The molecule has 0 aliphatic rings. The SMILES string of the molecule is Cc1ccc(-c2cc(-c3nc(-c4ccccc4)cc(-c4ccccc4)n3)cc(-c3ccc(C(F)(F)F)cc3)c2-n2c3ccccc3c3cc(-c4ccccc4C)ccc32)cc1. The predicted octanol–water partition coefficient (Wildman–Crippen LogP) is 15.2. The number of hydrogen-bond donors (Lipinski definition) is 0. The number of rotatable bonds is 7. The standard InChI is InChI=1S/C55H38F3N3/c1-35-21-23-37(24-22-35)46-32-42(54-59-49(39-14-5-3-6-15-39)34-50(60-54)40-16-7-4-8-17-40)33-47(38-25-28-43(29-26-38)55(56,57)58)53(46)61-51-20-12-11-19-45(51)48-31-41(27-30-52(48)61)44-18-10-9-13-36(44)2/h3-34H,1-2H3. The fourth-order valence-electron chi connectivity index (χ4n) is 8.38. The van der Waals surface area contributed by atoms with Crippen molar-refractivity contribution in [1.29, 1.82) is 0 Å². The summed E-state index contributed by atoms with van der Waals surface area (Å²) in [5.74, 6) is 0.498. The van der Waals surface area contributed by atoms with Crippen molar-refractivity contribution in [2.75, 3.05) is 0 Å². The van der Waals surface area contributed by atoms with E-state index in [2.05, 4.69) is 103 Å². The molecule has 0 aliphatic heterocycles. The third-order valence-corrected chi connectivity index (χ3v) is 11.5. The largest absolute Gasteiger partial charge is 0.416 e. The zero-order valence-electron chi connectivity index (χ0n) is 33.5. The molecule has 3 nitrogen and oxygen atoms in total. The zero-order valence-corrected chi connectivity index (χ0v) is 33.5. The highest BCUT2D eigenvalue weighted by Crippen LogP contribution is 2.45. The lowest BCUT2D eigenvalue weighted by Crippen LogP contribution is -2.05. The molecule has 0 radical (unpaired) electrons. The van der Waals surface area contributed by atoms with Gasteiger partial charge in [-0.2, -0.15) is 13.2 Å². The Balaban J connectivity index is 1.31. The van der Waals surface area contributed by atoms with Gasteiger partial charge >= 0.3 is 6.18 Å². The minimum absolute atomic E-state index is 0.498. The second-order valence-corrected chi connectivity index (χ2v) is 15.5. The van der Waals surface area contributed by atoms with Gasteiger partial charge in [0.2, 0.25) is 0 Å². The first kappa shape index (κ1) is 37.7. The molecule has 10 rings (SSSR count). The van der Waals surface area contributed by atoms with E-state index in [4.69, 9.17) is 9.97 Å². The Labute approximate surface area is 352 Å². The van der Waals surface area contributed by atoms with Gasteiger partial charge in [-0.1, -0.05) is 151 Å². The number of fused-ring (bicyclic) bond motifs is 3. The maximum Gasteiger partial charge on any atom is 0.416 e. The van der Waals surface area contributed by atoms with Gasteiger partial charge in [0.1, 0.15) is 0 Å².